The number of ether oxygens (including phenoxy) is 1. The summed E-state index contributed by atoms with van der Waals surface area (Å²) in [5, 5.41) is 0. The lowest BCUT2D eigenvalue weighted by atomic mass is 9.94. The number of hydrogen-bond acceptors (Lipinski definition) is 2. The predicted octanol–water partition coefficient (Wildman–Crippen LogP) is 2.68. The molecule has 2 heteroatoms. The number of epoxide rings is 1. The highest BCUT2D eigenvalue weighted by molar-refractivity contribution is 4.89. The van der Waals surface area contributed by atoms with Crippen LogP contribution < -0.4 is 0 Å². The standard InChI is InChI=1S/C14H25NO/c1-11-7-12(11)8-15(9-14-10-16-14)13-5-3-2-4-6-13/h11-14H,2-10H2,1H3. The van der Waals surface area contributed by atoms with Crippen LogP contribution in [0.15, 0.2) is 0 Å². The third kappa shape index (κ3) is 2.78. The zero-order chi connectivity index (χ0) is 11.0. The second kappa shape index (κ2) is 4.66. The molecule has 3 unspecified atom stereocenters. The molecular weight excluding hydrogens is 198 g/mol. The molecule has 0 aromatic carbocycles. The maximum atomic E-state index is 5.42. The van der Waals surface area contributed by atoms with Crippen molar-refractivity contribution in [3.8, 4) is 0 Å². The van der Waals surface area contributed by atoms with Crippen LogP contribution in [-0.4, -0.2) is 36.7 Å². The highest BCUT2D eigenvalue weighted by Crippen LogP contribution is 2.39. The van der Waals surface area contributed by atoms with Crippen LogP contribution in [0.5, 0.6) is 0 Å². The van der Waals surface area contributed by atoms with Crippen LogP contribution in [0.4, 0.5) is 0 Å². The SMILES string of the molecule is CC1CC1CN(CC1CO1)C1CCCCC1. The molecule has 2 nitrogen and oxygen atoms in total. The van der Waals surface area contributed by atoms with Crippen LogP contribution in [0.1, 0.15) is 45.4 Å². The topological polar surface area (TPSA) is 15.8 Å². The molecule has 1 aliphatic heterocycles. The zero-order valence-corrected chi connectivity index (χ0v) is 10.5. The van der Waals surface area contributed by atoms with Gasteiger partial charge in [-0.3, -0.25) is 4.90 Å². The third-order valence-electron chi connectivity index (χ3n) is 4.68. The summed E-state index contributed by atoms with van der Waals surface area (Å²) in [6.07, 6.45) is 9.29. The summed E-state index contributed by atoms with van der Waals surface area (Å²) >= 11 is 0. The summed E-state index contributed by atoms with van der Waals surface area (Å²) < 4.78 is 5.42. The second-order valence-electron chi connectivity index (χ2n) is 6.17. The summed E-state index contributed by atoms with van der Waals surface area (Å²) in [5.41, 5.74) is 0. The van der Waals surface area contributed by atoms with Crippen LogP contribution in [0, 0.1) is 11.8 Å². The first kappa shape index (κ1) is 11.0. The van der Waals surface area contributed by atoms with E-state index >= 15 is 0 Å². The molecule has 0 aromatic heterocycles. The molecule has 2 saturated carbocycles. The molecule has 0 bridgehead atoms. The first-order valence-electron chi connectivity index (χ1n) is 7.18. The van der Waals surface area contributed by atoms with Crippen LogP contribution in [0.2, 0.25) is 0 Å². The molecule has 1 saturated heterocycles. The van der Waals surface area contributed by atoms with Crippen LogP contribution in [-0.2, 0) is 4.74 Å². The van der Waals surface area contributed by atoms with Gasteiger partial charge >= 0.3 is 0 Å². The van der Waals surface area contributed by atoms with Gasteiger partial charge in [-0.25, -0.2) is 0 Å². The lowest BCUT2D eigenvalue weighted by Gasteiger charge is -2.34. The van der Waals surface area contributed by atoms with Gasteiger partial charge in [0.2, 0.25) is 0 Å². The summed E-state index contributed by atoms with van der Waals surface area (Å²) in [4.78, 5) is 2.77. The van der Waals surface area contributed by atoms with Gasteiger partial charge in [0, 0.05) is 19.1 Å². The lowest BCUT2D eigenvalue weighted by Crippen LogP contribution is -2.40. The Bertz CT molecular complexity index is 233. The quantitative estimate of drug-likeness (QED) is 0.666. The van der Waals surface area contributed by atoms with E-state index in [4.69, 9.17) is 4.74 Å². The van der Waals surface area contributed by atoms with Gasteiger partial charge in [-0.05, 0) is 31.1 Å². The van der Waals surface area contributed by atoms with Crippen molar-refractivity contribution in [3.63, 3.8) is 0 Å². The average molecular weight is 223 g/mol. The highest BCUT2D eigenvalue weighted by atomic mass is 16.6. The lowest BCUT2D eigenvalue weighted by molar-refractivity contribution is 0.136. The van der Waals surface area contributed by atoms with Gasteiger partial charge in [0.15, 0.2) is 0 Å². The molecule has 3 rings (SSSR count). The summed E-state index contributed by atoms with van der Waals surface area (Å²) in [6.45, 7) is 5.99. The van der Waals surface area contributed by atoms with Crippen molar-refractivity contribution in [2.45, 2.75) is 57.6 Å². The van der Waals surface area contributed by atoms with Gasteiger partial charge in [0.1, 0.15) is 0 Å². The zero-order valence-electron chi connectivity index (χ0n) is 10.5. The maximum absolute atomic E-state index is 5.42. The Morgan fingerprint density at radius 2 is 1.81 bits per heavy atom. The van der Waals surface area contributed by atoms with Crippen molar-refractivity contribution >= 4 is 0 Å². The smallest absolute Gasteiger partial charge is 0.0936 e. The fourth-order valence-electron chi connectivity index (χ4n) is 3.21. The summed E-state index contributed by atoms with van der Waals surface area (Å²) in [7, 11) is 0. The molecule has 0 amide bonds. The van der Waals surface area contributed by atoms with E-state index in [2.05, 4.69) is 11.8 Å². The Morgan fingerprint density at radius 1 is 1.12 bits per heavy atom. The molecule has 0 radical (unpaired) electrons. The fourth-order valence-corrected chi connectivity index (χ4v) is 3.21. The van der Waals surface area contributed by atoms with Crippen molar-refractivity contribution in [3.05, 3.63) is 0 Å². The Morgan fingerprint density at radius 3 is 2.38 bits per heavy atom. The first-order valence-corrected chi connectivity index (χ1v) is 7.18. The molecule has 0 aromatic rings. The summed E-state index contributed by atoms with van der Waals surface area (Å²) in [6, 6.07) is 0.880. The second-order valence-corrected chi connectivity index (χ2v) is 6.17. The fraction of sp³-hybridized carbons (Fsp3) is 1.00. The van der Waals surface area contributed by atoms with Gasteiger partial charge < -0.3 is 4.74 Å². The molecule has 16 heavy (non-hydrogen) atoms. The largest absolute Gasteiger partial charge is 0.372 e. The van der Waals surface area contributed by atoms with Crippen molar-refractivity contribution < 1.29 is 4.74 Å². The minimum atomic E-state index is 0.580. The molecule has 92 valence electrons. The highest BCUT2D eigenvalue weighted by Gasteiger charge is 2.37. The third-order valence-corrected chi connectivity index (χ3v) is 4.68. The molecule has 0 N–H and O–H groups in total. The Balaban J connectivity index is 1.53. The molecule has 3 aliphatic rings. The van der Waals surface area contributed by atoms with Gasteiger partial charge in [-0.2, -0.15) is 0 Å². The predicted molar refractivity (Wildman–Crippen MR) is 65.5 cm³/mol. The minimum absolute atomic E-state index is 0.580. The number of hydrogen-bond donors (Lipinski definition) is 0. The van der Waals surface area contributed by atoms with Gasteiger partial charge in [-0.15, -0.1) is 0 Å². The monoisotopic (exact) mass is 223 g/mol. The van der Waals surface area contributed by atoms with E-state index in [9.17, 15) is 0 Å². The van der Waals surface area contributed by atoms with Crippen molar-refractivity contribution in [1.82, 2.24) is 4.90 Å². The Hall–Kier alpha value is -0.0800. The summed E-state index contributed by atoms with van der Waals surface area (Å²) in [5.74, 6) is 1.99. The maximum Gasteiger partial charge on any atom is 0.0936 e. The van der Waals surface area contributed by atoms with Gasteiger partial charge in [-0.1, -0.05) is 26.2 Å². The normalized spacial score (nSPS) is 39.0. The molecule has 0 spiro atoms. The molecule has 3 fully saturated rings. The molecule has 2 aliphatic carbocycles. The Labute approximate surface area is 99.3 Å². The van der Waals surface area contributed by atoms with E-state index in [-0.39, 0.29) is 0 Å². The average Bonchev–Trinajstić information content (AvgIpc) is 3.20. The number of rotatable bonds is 5. The molecule has 3 atom stereocenters. The van der Waals surface area contributed by atoms with Crippen LogP contribution in [0.25, 0.3) is 0 Å². The van der Waals surface area contributed by atoms with Gasteiger partial charge in [0.05, 0.1) is 12.7 Å². The van der Waals surface area contributed by atoms with Crippen LogP contribution in [0.3, 0.4) is 0 Å². The van der Waals surface area contributed by atoms with Crippen molar-refractivity contribution in [2.24, 2.45) is 11.8 Å². The molecular formula is C14H25NO. The number of nitrogens with zero attached hydrogens (tertiary/aromatic N) is 1. The van der Waals surface area contributed by atoms with Gasteiger partial charge in [0.25, 0.3) is 0 Å². The van der Waals surface area contributed by atoms with Crippen molar-refractivity contribution in [2.75, 3.05) is 19.7 Å². The van der Waals surface area contributed by atoms with E-state index in [0.29, 0.717) is 6.10 Å². The van der Waals surface area contributed by atoms with E-state index in [1.165, 1.54) is 51.6 Å². The van der Waals surface area contributed by atoms with Crippen molar-refractivity contribution in [1.29, 1.82) is 0 Å². The van der Waals surface area contributed by atoms with E-state index < -0.39 is 0 Å². The Kier molecular flexibility index (Phi) is 3.21. The van der Waals surface area contributed by atoms with E-state index in [1.54, 1.807) is 0 Å². The first-order chi connectivity index (χ1) is 7.83. The van der Waals surface area contributed by atoms with Crippen LogP contribution >= 0.6 is 0 Å². The minimum Gasteiger partial charge on any atom is -0.372 e. The molecule has 1 heterocycles. The van der Waals surface area contributed by atoms with E-state index in [1.807, 2.05) is 0 Å². The van der Waals surface area contributed by atoms with E-state index in [0.717, 1.165) is 24.5 Å².